The molecule has 2 N–H and O–H groups in total. The van der Waals surface area contributed by atoms with Gasteiger partial charge in [0.15, 0.2) is 0 Å². The summed E-state index contributed by atoms with van der Waals surface area (Å²) in [6.07, 6.45) is 1.63. The van der Waals surface area contributed by atoms with E-state index in [1.807, 2.05) is 6.07 Å². The lowest BCUT2D eigenvalue weighted by molar-refractivity contribution is 0.0949. The minimum absolute atomic E-state index is 0.0109. The fourth-order valence-electron chi connectivity index (χ4n) is 2.22. The monoisotopic (exact) mass is 323 g/mol. The van der Waals surface area contributed by atoms with Crippen LogP contribution in [0, 0.1) is 5.82 Å². The van der Waals surface area contributed by atoms with E-state index in [-0.39, 0.29) is 17.9 Å². The highest BCUT2D eigenvalue weighted by Gasteiger charge is 2.11. The minimum Gasteiger partial charge on any atom is -0.346 e. The molecule has 5 nitrogen and oxygen atoms in total. The number of hydrogen-bond acceptors (Lipinski definition) is 3. The van der Waals surface area contributed by atoms with Crippen molar-refractivity contribution in [2.24, 2.45) is 0 Å². The highest BCUT2D eigenvalue weighted by atomic mass is 19.1. The molecule has 2 heterocycles. The summed E-state index contributed by atoms with van der Waals surface area (Å²) in [6, 6.07) is 14.2. The first-order valence-electron chi connectivity index (χ1n) is 7.31. The Morgan fingerprint density at radius 2 is 1.88 bits per heavy atom. The van der Waals surface area contributed by atoms with E-state index in [0.717, 1.165) is 0 Å². The number of nitrogens with zero attached hydrogens (tertiary/aromatic N) is 1. The van der Waals surface area contributed by atoms with Crippen molar-refractivity contribution in [3.63, 3.8) is 0 Å². The molecule has 3 aromatic rings. The van der Waals surface area contributed by atoms with Gasteiger partial charge in [-0.3, -0.25) is 14.6 Å². The van der Waals surface area contributed by atoms with Crippen molar-refractivity contribution in [3.8, 4) is 11.3 Å². The Labute approximate surface area is 137 Å². The standard InChI is InChI=1S/C18H14FN3O2/c19-13-6-4-12(5-7-13)16-9-8-15(18(24)22-16)17(23)21-11-14-3-1-2-10-20-14/h1-10H,11H2,(H,21,23)(H,22,24). The van der Waals surface area contributed by atoms with Crippen LogP contribution >= 0.6 is 0 Å². The second kappa shape index (κ2) is 6.87. The van der Waals surface area contributed by atoms with E-state index in [1.54, 1.807) is 36.5 Å². The molecule has 0 unspecified atom stereocenters. The number of carbonyl (C=O) groups is 1. The molecule has 0 aliphatic carbocycles. The Kier molecular flexibility index (Phi) is 4.47. The molecule has 0 radical (unpaired) electrons. The number of H-pyrrole nitrogens is 1. The maximum atomic E-state index is 12.9. The number of carbonyl (C=O) groups excluding carboxylic acids is 1. The summed E-state index contributed by atoms with van der Waals surface area (Å²) in [7, 11) is 0. The van der Waals surface area contributed by atoms with Gasteiger partial charge in [0.1, 0.15) is 11.4 Å². The molecule has 2 aromatic heterocycles. The van der Waals surface area contributed by atoms with Crippen LogP contribution in [0.25, 0.3) is 11.3 Å². The van der Waals surface area contributed by atoms with E-state index in [2.05, 4.69) is 15.3 Å². The van der Waals surface area contributed by atoms with E-state index < -0.39 is 11.5 Å². The zero-order chi connectivity index (χ0) is 16.9. The average Bonchev–Trinajstić information content (AvgIpc) is 2.61. The molecular formula is C18H14FN3O2. The van der Waals surface area contributed by atoms with Crippen LogP contribution in [0.1, 0.15) is 16.1 Å². The van der Waals surface area contributed by atoms with Crippen molar-refractivity contribution in [1.29, 1.82) is 0 Å². The van der Waals surface area contributed by atoms with Crippen LogP contribution in [0.5, 0.6) is 0 Å². The highest BCUT2D eigenvalue weighted by molar-refractivity contribution is 5.94. The number of hydrogen-bond donors (Lipinski definition) is 2. The van der Waals surface area contributed by atoms with Gasteiger partial charge in [0.2, 0.25) is 0 Å². The number of aromatic amines is 1. The first kappa shape index (κ1) is 15.6. The molecule has 1 aromatic carbocycles. The van der Waals surface area contributed by atoms with Crippen molar-refractivity contribution < 1.29 is 9.18 Å². The van der Waals surface area contributed by atoms with Gasteiger partial charge < -0.3 is 10.3 Å². The van der Waals surface area contributed by atoms with Gasteiger partial charge in [0, 0.05) is 11.9 Å². The summed E-state index contributed by atoms with van der Waals surface area (Å²) >= 11 is 0. The number of amides is 1. The summed E-state index contributed by atoms with van der Waals surface area (Å²) in [4.78, 5) is 31.0. The van der Waals surface area contributed by atoms with Crippen molar-refractivity contribution in [3.05, 3.63) is 88.2 Å². The van der Waals surface area contributed by atoms with Crippen LogP contribution in [0.15, 0.2) is 65.6 Å². The second-order valence-corrected chi connectivity index (χ2v) is 5.13. The largest absolute Gasteiger partial charge is 0.346 e. The third-order valence-corrected chi connectivity index (χ3v) is 3.47. The number of nitrogens with one attached hydrogen (secondary N) is 2. The summed E-state index contributed by atoms with van der Waals surface area (Å²) in [5, 5.41) is 2.65. The van der Waals surface area contributed by atoms with Crippen LogP contribution in [0.3, 0.4) is 0 Å². The molecule has 0 saturated heterocycles. The highest BCUT2D eigenvalue weighted by Crippen LogP contribution is 2.16. The molecule has 3 rings (SSSR count). The van der Waals surface area contributed by atoms with E-state index in [9.17, 15) is 14.0 Å². The summed E-state index contributed by atoms with van der Waals surface area (Å²) in [5.41, 5.74) is 1.38. The predicted molar refractivity (Wildman–Crippen MR) is 87.9 cm³/mol. The normalized spacial score (nSPS) is 10.4. The van der Waals surface area contributed by atoms with Crippen LogP contribution in [-0.4, -0.2) is 15.9 Å². The second-order valence-electron chi connectivity index (χ2n) is 5.13. The van der Waals surface area contributed by atoms with Crippen LogP contribution in [-0.2, 0) is 6.54 Å². The number of pyridine rings is 2. The SMILES string of the molecule is O=C(NCc1ccccn1)c1ccc(-c2ccc(F)cc2)[nH]c1=O. The zero-order valence-electron chi connectivity index (χ0n) is 12.6. The van der Waals surface area contributed by atoms with E-state index in [1.165, 1.54) is 18.2 Å². The van der Waals surface area contributed by atoms with Gasteiger partial charge in [0.25, 0.3) is 11.5 Å². The van der Waals surface area contributed by atoms with Crippen molar-refractivity contribution in [1.82, 2.24) is 15.3 Å². The Bertz CT molecular complexity index is 906. The van der Waals surface area contributed by atoms with Gasteiger partial charge in [-0.1, -0.05) is 6.07 Å². The molecule has 120 valence electrons. The van der Waals surface area contributed by atoms with E-state index >= 15 is 0 Å². The number of halogens is 1. The lowest BCUT2D eigenvalue weighted by Crippen LogP contribution is -2.29. The lowest BCUT2D eigenvalue weighted by atomic mass is 10.1. The maximum Gasteiger partial charge on any atom is 0.261 e. The van der Waals surface area contributed by atoms with Crippen LogP contribution in [0.4, 0.5) is 4.39 Å². The molecule has 0 fully saturated rings. The van der Waals surface area contributed by atoms with Gasteiger partial charge in [0.05, 0.1) is 12.2 Å². The topological polar surface area (TPSA) is 74.8 Å². The molecule has 0 saturated carbocycles. The van der Waals surface area contributed by atoms with Gasteiger partial charge in [-0.25, -0.2) is 4.39 Å². The minimum atomic E-state index is -0.504. The molecule has 0 atom stereocenters. The predicted octanol–water partition coefficient (Wildman–Crippen LogP) is 2.51. The Balaban J connectivity index is 1.76. The molecule has 0 aliphatic heterocycles. The van der Waals surface area contributed by atoms with Crippen molar-refractivity contribution in [2.75, 3.05) is 0 Å². The molecule has 24 heavy (non-hydrogen) atoms. The molecule has 0 spiro atoms. The summed E-state index contributed by atoms with van der Waals surface area (Å²) in [5.74, 6) is -0.834. The number of aromatic nitrogens is 2. The zero-order valence-corrected chi connectivity index (χ0v) is 12.6. The Morgan fingerprint density at radius 1 is 1.08 bits per heavy atom. The van der Waals surface area contributed by atoms with Gasteiger partial charge in [-0.15, -0.1) is 0 Å². The van der Waals surface area contributed by atoms with Gasteiger partial charge in [-0.2, -0.15) is 0 Å². The first-order valence-corrected chi connectivity index (χ1v) is 7.31. The van der Waals surface area contributed by atoms with Gasteiger partial charge in [-0.05, 0) is 54.1 Å². The molecular weight excluding hydrogens is 309 g/mol. The van der Waals surface area contributed by atoms with Crippen LogP contribution < -0.4 is 10.9 Å². The maximum absolute atomic E-state index is 12.9. The molecule has 0 aliphatic rings. The van der Waals surface area contributed by atoms with Crippen molar-refractivity contribution >= 4 is 5.91 Å². The smallest absolute Gasteiger partial charge is 0.261 e. The van der Waals surface area contributed by atoms with Gasteiger partial charge >= 0.3 is 0 Å². The molecule has 1 amide bonds. The average molecular weight is 323 g/mol. The van der Waals surface area contributed by atoms with Crippen LogP contribution in [0.2, 0.25) is 0 Å². The number of benzene rings is 1. The summed E-state index contributed by atoms with van der Waals surface area (Å²) < 4.78 is 12.9. The third-order valence-electron chi connectivity index (χ3n) is 3.47. The first-order chi connectivity index (χ1) is 11.6. The molecule has 6 heteroatoms. The van der Waals surface area contributed by atoms with E-state index in [4.69, 9.17) is 0 Å². The quantitative estimate of drug-likeness (QED) is 0.775. The fourth-order valence-corrected chi connectivity index (χ4v) is 2.22. The lowest BCUT2D eigenvalue weighted by Gasteiger charge is -2.06. The summed E-state index contributed by atoms with van der Waals surface area (Å²) in [6.45, 7) is 0.235. The van der Waals surface area contributed by atoms with E-state index in [0.29, 0.717) is 17.0 Å². The number of rotatable bonds is 4. The third kappa shape index (κ3) is 3.55. The van der Waals surface area contributed by atoms with Crippen molar-refractivity contribution in [2.45, 2.75) is 6.54 Å². The Hall–Kier alpha value is -3.28. The molecule has 0 bridgehead atoms. The Morgan fingerprint density at radius 3 is 2.54 bits per heavy atom. The fraction of sp³-hybridized carbons (Fsp3) is 0.0556.